The first-order valence-electron chi connectivity index (χ1n) is 6.77. The Morgan fingerprint density at radius 3 is 2.81 bits per heavy atom. The Kier molecular flexibility index (Phi) is 3.92. The molecule has 0 N–H and O–H groups in total. The SMILES string of the molecule is Cc1cc(Br)nc(N2C(=O)OC[C@@H]2Cc2ccccc2)c1. The second kappa shape index (κ2) is 5.85. The molecule has 2 aromatic rings. The van der Waals surface area contributed by atoms with Gasteiger partial charge in [-0.15, -0.1) is 0 Å². The Bertz CT molecular complexity index is 640. The molecular weight excluding hydrogens is 332 g/mol. The summed E-state index contributed by atoms with van der Waals surface area (Å²) >= 11 is 3.38. The molecule has 1 fully saturated rings. The smallest absolute Gasteiger partial charge is 0.415 e. The van der Waals surface area contributed by atoms with E-state index in [1.54, 1.807) is 4.90 Å². The third-order valence-electron chi connectivity index (χ3n) is 3.45. The summed E-state index contributed by atoms with van der Waals surface area (Å²) < 4.78 is 5.93. The van der Waals surface area contributed by atoms with Crippen molar-refractivity contribution in [1.82, 2.24) is 4.98 Å². The molecule has 0 saturated carbocycles. The Hall–Kier alpha value is -1.88. The summed E-state index contributed by atoms with van der Waals surface area (Å²) in [5.74, 6) is 0.630. The quantitative estimate of drug-likeness (QED) is 0.795. The van der Waals surface area contributed by atoms with E-state index in [4.69, 9.17) is 4.74 Å². The number of aryl methyl sites for hydroxylation is 1. The van der Waals surface area contributed by atoms with Crippen molar-refractivity contribution in [3.8, 4) is 0 Å². The molecule has 1 amide bonds. The zero-order chi connectivity index (χ0) is 14.8. The van der Waals surface area contributed by atoms with Gasteiger partial charge >= 0.3 is 6.09 Å². The monoisotopic (exact) mass is 346 g/mol. The number of amides is 1. The van der Waals surface area contributed by atoms with Gasteiger partial charge in [-0.3, -0.25) is 4.90 Å². The standard InChI is InChI=1S/C16H15BrN2O2/c1-11-7-14(17)18-15(8-11)19-13(10-21-16(19)20)9-12-5-3-2-4-6-12/h2-8,13H,9-10H2,1H3/t13-/m0/s1. The van der Waals surface area contributed by atoms with Crippen LogP contribution in [0.2, 0.25) is 0 Å². The molecule has 0 bridgehead atoms. The van der Waals surface area contributed by atoms with Gasteiger partial charge < -0.3 is 4.74 Å². The highest BCUT2D eigenvalue weighted by Gasteiger charge is 2.35. The molecule has 1 aliphatic heterocycles. The number of anilines is 1. The van der Waals surface area contributed by atoms with E-state index in [1.165, 1.54) is 5.56 Å². The second-order valence-electron chi connectivity index (χ2n) is 5.12. The number of aromatic nitrogens is 1. The number of ether oxygens (including phenoxy) is 1. The van der Waals surface area contributed by atoms with E-state index < -0.39 is 0 Å². The first kappa shape index (κ1) is 14.1. The van der Waals surface area contributed by atoms with Crippen LogP contribution in [-0.4, -0.2) is 23.7 Å². The van der Waals surface area contributed by atoms with Gasteiger partial charge in [-0.1, -0.05) is 30.3 Å². The molecule has 1 aliphatic rings. The van der Waals surface area contributed by atoms with Crippen LogP contribution in [0.5, 0.6) is 0 Å². The molecule has 1 saturated heterocycles. The number of halogens is 1. The van der Waals surface area contributed by atoms with Crippen LogP contribution in [-0.2, 0) is 11.2 Å². The minimum Gasteiger partial charge on any atom is -0.447 e. The highest BCUT2D eigenvalue weighted by atomic mass is 79.9. The van der Waals surface area contributed by atoms with Gasteiger partial charge in [-0.05, 0) is 52.5 Å². The Morgan fingerprint density at radius 1 is 1.33 bits per heavy atom. The van der Waals surface area contributed by atoms with E-state index in [0.717, 1.165) is 16.6 Å². The predicted octanol–water partition coefficient (Wildman–Crippen LogP) is 3.72. The molecule has 0 spiro atoms. The van der Waals surface area contributed by atoms with Gasteiger partial charge in [0, 0.05) is 0 Å². The normalized spacial score (nSPS) is 17.9. The summed E-state index contributed by atoms with van der Waals surface area (Å²) in [6.45, 7) is 2.37. The highest BCUT2D eigenvalue weighted by Crippen LogP contribution is 2.26. The summed E-state index contributed by atoms with van der Waals surface area (Å²) in [5, 5.41) is 0. The molecular formula is C16H15BrN2O2. The largest absolute Gasteiger partial charge is 0.447 e. The summed E-state index contributed by atoms with van der Waals surface area (Å²) in [6.07, 6.45) is 0.417. The van der Waals surface area contributed by atoms with E-state index in [1.807, 2.05) is 37.3 Å². The molecule has 21 heavy (non-hydrogen) atoms. The van der Waals surface area contributed by atoms with Crippen molar-refractivity contribution < 1.29 is 9.53 Å². The molecule has 0 unspecified atom stereocenters. The van der Waals surface area contributed by atoms with Gasteiger partial charge in [0.05, 0.1) is 6.04 Å². The molecule has 108 valence electrons. The molecule has 5 heteroatoms. The molecule has 1 aromatic heterocycles. The number of hydrogen-bond acceptors (Lipinski definition) is 3. The van der Waals surface area contributed by atoms with Gasteiger partial charge in [-0.2, -0.15) is 0 Å². The van der Waals surface area contributed by atoms with Crippen molar-refractivity contribution in [3.05, 3.63) is 58.2 Å². The number of nitrogens with zero attached hydrogens (tertiary/aromatic N) is 2. The van der Waals surface area contributed by atoms with E-state index in [0.29, 0.717) is 12.4 Å². The van der Waals surface area contributed by atoms with Gasteiger partial charge in [0.1, 0.15) is 17.0 Å². The molecule has 0 radical (unpaired) electrons. The van der Waals surface area contributed by atoms with Crippen LogP contribution in [0.3, 0.4) is 0 Å². The lowest BCUT2D eigenvalue weighted by molar-refractivity contribution is 0.178. The average molecular weight is 347 g/mol. The molecule has 0 aliphatic carbocycles. The van der Waals surface area contributed by atoms with Crippen molar-refractivity contribution >= 4 is 27.8 Å². The van der Waals surface area contributed by atoms with E-state index in [-0.39, 0.29) is 12.1 Å². The van der Waals surface area contributed by atoms with Crippen LogP contribution in [0, 0.1) is 6.92 Å². The average Bonchev–Trinajstić information content (AvgIpc) is 2.80. The van der Waals surface area contributed by atoms with Crippen LogP contribution in [0.4, 0.5) is 10.6 Å². The lowest BCUT2D eigenvalue weighted by atomic mass is 10.1. The minimum absolute atomic E-state index is 0.0268. The maximum Gasteiger partial charge on any atom is 0.415 e. The van der Waals surface area contributed by atoms with Crippen LogP contribution < -0.4 is 4.90 Å². The van der Waals surface area contributed by atoms with Crippen LogP contribution in [0.1, 0.15) is 11.1 Å². The van der Waals surface area contributed by atoms with Gasteiger partial charge in [0.25, 0.3) is 0 Å². The van der Waals surface area contributed by atoms with Crippen LogP contribution in [0.15, 0.2) is 47.1 Å². The zero-order valence-corrected chi connectivity index (χ0v) is 13.2. The summed E-state index contributed by atoms with van der Waals surface area (Å²) in [6, 6.07) is 13.9. The summed E-state index contributed by atoms with van der Waals surface area (Å²) in [5.41, 5.74) is 2.22. The maximum absolute atomic E-state index is 12.0. The Balaban J connectivity index is 1.89. The second-order valence-corrected chi connectivity index (χ2v) is 5.93. The fourth-order valence-corrected chi connectivity index (χ4v) is 3.05. The Labute approximate surface area is 131 Å². The first-order valence-corrected chi connectivity index (χ1v) is 7.57. The fraction of sp³-hybridized carbons (Fsp3) is 0.250. The molecule has 3 rings (SSSR count). The number of rotatable bonds is 3. The van der Waals surface area contributed by atoms with E-state index in [9.17, 15) is 4.79 Å². The molecule has 1 atom stereocenters. The fourth-order valence-electron chi connectivity index (χ4n) is 2.51. The maximum atomic E-state index is 12.0. The third kappa shape index (κ3) is 3.08. The van der Waals surface area contributed by atoms with Crippen LogP contribution >= 0.6 is 15.9 Å². The lowest BCUT2D eigenvalue weighted by Gasteiger charge is -2.21. The van der Waals surface area contributed by atoms with Crippen LogP contribution in [0.25, 0.3) is 0 Å². The minimum atomic E-state index is -0.332. The summed E-state index contributed by atoms with van der Waals surface area (Å²) in [4.78, 5) is 18.1. The highest BCUT2D eigenvalue weighted by molar-refractivity contribution is 9.10. The number of carbonyl (C=O) groups excluding carboxylic acids is 1. The zero-order valence-electron chi connectivity index (χ0n) is 11.6. The predicted molar refractivity (Wildman–Crippen MR) is 84.4 cm³/mol. The van der Waals surface area contributed by atoms with Gasteiger partial charge in [0.15, 0.2) is 0 Å². The van der Waals surface area contributed by atoms with Crippen molar-refractivity contribution in [3.63, 3.8) is 0 Å². The first-order chi connectivity index (χ1) is 10.1. The lowest BCUT2D eigenvalue weighted by Crippen LogP contribution is -2.35. The van der Waals surface area contributed by atoms with Gasteiger partial charge in [-0.25, -0.2) is 9.78 Å². The number of hydrogen-bond donors (Lipinski definition) is 0. The van der Waals surface area contributed by atoms with Crippen molar-refractivity contribution in [2.75, 3.05) is 11.5 Å². The summed E-state index contributed by atoms with van der Waals surface area (Å²) in [7, 11) is 0. The number of benzene rings is 1. The van der Waals surface area contributed by atoms with E-state index >= 15 is 0 Å². The third-order valence-corrected chi connectivity index (χ3v) is 3.85. The molecule has 1 aromatic carbocycles. The topological polar surface area (TPSA) is 42.4 Å². The number of pyridine rings is 1. The number of cyclic esters (lactones) is 1. The number of carbonyl (C=O) groups is 1. The molecule has 4 nitrogen and oxygen atoms in total. The van der Waals surface area contributed by atoms with Crippen molar-refractivity contribution in [2.45, 2.75) is 19.4 Å². The van der Waals surface area contributed by atoms with Crippen molar-refractivity contribution in [1.29, 1.82) is 0 Å². The van der Waals surface area contributed by atoms with E-state index in [2.05, 4.69) is 33.0 Å². The van der Waals surface area contributed by atoms with Crippen molar-refractivity contribution in [2.24, 2.45) is 0 Å². The Morgan fingerprint density at radius 2 is 2.10 bits per heavy atom. The van der Waals surface area contributed by atoms with Gasteiger partial charge in [0.2, 0.25) is 0 Å². The molecule has 2 heterocycles.